The molecule has 1 fully saturated rings. The summed E-state index contributed by atoms with van der Waals surface area (Å²) in [4.78, 5) is 12.7. The van der Waals surface area contributed by atoms with Crippen molar-refractivity contribution in [2.24, 2.45) is 5.92 Å². The van der Waals surface area contributed by atoms with Crippen molar-refractivity contribution in [2.45, 2.75) is 23.4 Å². The monoisotopic (exact) mass is 389 g/mol. The molecule has 1 atom stereocenters. The second-order valence-electron chi connectivity index (χ2n) is 6.22. The van der Waals surface area contributed by atoms with Crippen LogP contribution < -0.4 is 5.32 Å². The minimum atomic E-state index is -0.169. The van der Waals surface area contributed by atoms with E-state index >= 15 is 0 Å². The first-order chi connectivity index (χ1) is 12.7. The van der Waals surface area contributed by atoms with Gasteiger partial charge in [0.1, 0.15) is 10.6 Å². The summed E-state index contributed by atoms with van der Waals surface area (Å²) >= 11 is 3.13. The highest BCUT2D eigenvalue weighted by Gasteiger charge is 2.23. The third-order valence-corrected chi connectivity index (χ3v) is 6.33. The first-order valence-electron chi connectivity index (χ1n) is 8.50. The maximum absolute atomic E-state index is 12.7. The number of hydrogen-bond donors (Lipinski definition) is 1. The number of furan rings is 1. The molecule has 1 aromatic carbocycles. The molecular weight excluding hydrogens is 370 g/mol. The molecule has 0 spiro atoms. The van der Waals surface area contributed by atoms with Gasteiger partial charge in [-0.25, -0.2) is 0 Å². The van der Waals surface area contributed by atoms with Crippen LogP contribution in [0, 0.1) is 12.8 Å². The zero-order chi connectivity index (χ0) is 17.9. The van der Waals surface area contributed by atoms with Crippen LogP contribution in [0.15, 0.2) is 33.0 Å². The summed E-state index contributed by atoms with van der Waals surface area (Å²) in [6.07, 6.45) is 0.986. The highest BCUT2D eigenvalue weighted by Crippen LogP contribution is 2.33. The number of carbonyl (C=O) groups excluding carboxylic acids is 1. The lowest BCUT2D eigenvalue weighted by Gasteiger charge is -2.09. The van der Waals surface area contributed by atoms with Gasteiger partial charge in [0.2, 0.25) is 0 Å². The highest BCUT2D eigenvalue weighted by atomic mass is 32.2. The number of thioether (sulfide) groups is 1. The molecule has 2 aromatic heterocycles. The van der Waals surface area contributed by atoms with Crippen LogP contribution in [-0.2, 0) is 10.5 Å². The van der Waals surface area contributed by atoms with Crippen LogP contribution in [0.3, 0.4) is 0 Å². The zero-order valence-corrected chi connectivity index (χ0v) is 16.0. The molecule has 0 bridgehead atoms. The predicted octanol–water partition coefficient (Wildman–Crippen LogP) is 3.65. The number of fused-ring (bicyclic) bond motifs is 1. The number of aryl methyl sites for hydroxylation is 1. The summed E-state index contributed by atoms with van der Waals surface area (Å²) in [6.45, 7) is 4.02. The van der Waals surface area contributed by atoms with Crippen LogP contribution >= 0.6 is 23.1 Å². The van der Waals surface area contributed by atoms with Gasteiger partial charge in [-0.15, -0.1) is 10.2 Å². The predicted molar refractivity (Wildman–Crippen MR) is 102 cm³/mol. The smallest absolute Gasteiger partial charge is 0.287 e. The van der Waals surface area contributed by atoms with Crippen molar-refractivity contribution in [3.63, 3.8) is 0 Å². The molecule has 3 heterocycles. The van der Waals surface area contributed by atoms with Crippen LogP contribution in [0.25, 0.3) is 11.0 Å². The summed E-state index contributed by atoms with van der Waals surface area (Å²) in [5.74, 6) is 1.21. The van der Waals surface area contributed by atoms with Gasteiger partial charge in [0, 0.05) is 35.8 Å². The fourth-order valence-electron chi connectivity index (χ4n) is 2.96. The summed E-state index contributed by atoms with van der Waals surface area (Å²) < 4.78 is 12.1. The number of ether oxygens (including phenoxy) is 1. The number of benzene rings is 1. The third-order valence-electron chi connectivity index (χ3n) is 4.33. The molecule has 1 N–H and O–H groups in total. The fourth-order valence-corrected chi connectivity index (χ4v) is 4.80. The molecular formula is C18H19N3O3S2. The molecule has 4 rings (SSSR count). The molecule has 3 aromatic rings. The van der Waals surface area contributed by atoms with Crippen LogP contribution in [-0.4, -0.2) is 35.9 Å². The van der Waals surface area contributed by atoms with E-state index in [1.54, 1.807) is 23.1 Å². The molecule has 0 aliphatic carbocycles. The zero-order valence-electron chi connectivity index (χ0n) is 14.4. The first-order valence-corrected chi connectivity index (χ1v) is 10.3. The molecule has 1 aliphatic rings. The van der Waals surface area contributed by atoms with Gasteiger partial charge in [-0.3, -0.25) is 4.79 Å². The SMILES string of the molecule is Cc1nnc(SCc2c(C(=O)NCC3CCOC3)oc3ccccc23)s1. The van der Waals surface area contributed by atoms with E-state index in [2.05, 4.69) is 15.5 Å². The quantitative estimate of drug-likeness (QED) is 0.649. The van der Waals surface area contributed by atoms with Gasteiger partial charge in [0.25, 0.3) is 5.91 Å². The van der Waals surface area contributed by atoms with Crippen molar-refractivity contribution < 1.29 is 13.9 Å². The van der Waals surface area contributed by atoms with Crippen molar-refractivity contribution in [3.05, 3.63) is 40.6 Å². The Hall–Kier alpha value is -1.90. The summed E-state index contributed by atoms with van der Waals surface area (Å²) in [7, 11) is 0. The second-order valence-corrected chi connectivity index (χ2v) is 8.63. The lowest BCUT2D eigenvalue weighted by molar-refractivity contribution is 0.0918. The van der Waals surface area contributed by atoms with Crippen molar-refractivity contribution in [2.75, 3.05) is 19.8 Å². The van der Waals surface area contributed by atoms with Gasteiger partial charge in [-0.2, -0.15) is 0 Å². The average molecular weight is 390 g/mol. The molecule has 8 heteroatoms. The van der Waals surface area contributed by atoms with E-state index in [0.717, 1.165) is 38.9 Å². The first kappa shape index (κ1) is 17.5. The maximum Gasteiger partial charge on any atom is 0.287 e. The Bertz CT molecular complexity index is 915. The largest absolute Gasteiger partial charge is 0.451 e. The molecule has 1 saturated heterocycles. The molecule has 6 nitrogen and oxygen atoms in total. The Labute approximate surface area is 159 Å². The number of amides is 1. The molecule has 136 valence electrons. The summed E-state index contributed by atoms with van der Waals surface area (Å²) in [5.41, 5.74) is 1.63. The molecule has 0 radical (unpaired) electrons. The second kappa shape index (κ2) is 7.77. The van der Waals surface area contributed by atoms with Crippen molar-refractivity contribution in [1.29, 1.82) is 0 Å². The van der Waals surface area contributed by atoms with E-state index in [0.29, 0.717) is 30.6 Å². The van der Waals surface area contributed by atoms with E-state index in [9.17, 15) is 4.79 Å². The molecule has 26 heavy (non-hydrogen) atoms. The highest BCUT2D eigenvalue weighted by molar-refractivity contribution is 8.00. The Morgan fingerprint density at radius 1 is 1.38 bits per heavy atom. The molecule has 1 aliphatic heterocycles. The normalized spacial score (nSPS) is 17.0. The van der Waals surface area contributed by atoms with E-state index in [1.807, 2.05) is 31.2 Å². The Morgan fingerprint density at radius 2 is 2.27 bits per heavy atom. The minimum absolute atomic E-state index is 0.169. The van der Waals surface area contributed by atoms with E-state index < -0.39 is 0 Å². The van der Waals surface area contributed by atoms with Gasteiger partial charge in [-0.1, -0.05) is 41.3 Å². The number of para-hydroxylation sites is 1. The van der Waals surface area contributed by atoms with Gasteiger partial charge >= 0.3 is 0 Å². The van der Waals surface area contributed by atoms with Gasteiger partial charge in [0.05, 0.1) is 6.61 Å². The average Bonchev–Trinajstić information content (AvgIpc) is 3.38. The Balaban J connectivity index is 1.55. The van der Waals surface area contributed by atoms with Crippen LogP contribution in [0.1, 0.15) is 27.5 Å². The summed E-state index contributed by atoms with van der Waals surface area (Å²) in [5, 5.41) is 13.1. The van der Waals surface area contributed by atoms with Gasteiger partial charge in [-0.05, 0) is 19.4 Å². The number of carbonyl (C=O) groups is 1. The Kier molecular flexibility index (Phi) is 5.23. The van der Waals surface area contributed by atoms with Crippen LogP contribution in [0.5, 0.6) is 0 Å². The van der Waals surface area contributed by atoms with Gasteiger partial charge in [0.15, 0.2) is 10.1 Å². The van der Waals surface area contributed by atoms with Crippen molar-refractivity contribution >= 4 is 40.0 Å². The third kappa shape index (κ3) is 3.77. The Morgan fingerprint density at radius 3 is 3.04 bits per heavy atom. The molecule has 0 saturated carbocycles. The fraction of sp³-hybridized carbons (Fsp3) is 0.389. The number of nitrogens with zero attached hydrogens (tertiary/aromatic N) is 2. The van der Waals surface area contributed by atoms with Crippen LogP contribution in [0.4, 0.5) is 0 Å². The van der Waals surface area contributed by atoms with Crippen molar-refractivity contribution in [3.8, 4) is 0 Å². The van der Waals surface area contributed by atoms with E-state index in [1.165, 1.54) is 0 Å². The number of nitrogens with one attached hydrogen (secondary N) is 1. The van der Waals surface area contributed by atoms with Crippen molar-refractivity contribution in [1.82, 2.24) is 15.5 Å². The number of rotatable bonds is 6. The summed E-state index contributed by atoms with van der Waals surface area (Å²) in [6, 6.07) is 7.74. The molecule has 1 amide bonds. The lowest BCUT2D eigenvalue weighted by atomic mass is 10.1. The van der Waals surface area contributed by atoms with Gasteiger partial charge < -0.3 is 14.5 Å². The minimum Gasteiger partial charge on any atom is -0.451 e. The number of aromatic nitrogens is 2. The van der Waals surface area contributed by atoms with Crippen LogP contribution in [0.2, 0.25) is 0 Å². The molecule has 1 unspecified atom stereocenters. The maximum atomic E-state index is 12.7. The topological polar surface area (TPSA) is 77.2 Å². The lowest BCUT2D eigenvalue weighted by Crippen LogP contribution is -2.29. The standard InChI is InChI=1S/C18H19N3O3S2/c1-11-20-21-18(26-11)25-10-14-13-4-2-3-5-15(13)24-16(14)17(22)19-8-12-6-7-23-9-12/h2-5,12H,6-10H2,1H3,(H,19,22). The van der Waals surface area contributed by atoms with E-state index in [4.69, 9.17) is 9.15 Å². The van der Waals surface area contributed by atoms with E-state index in [-0.39, 0.29) is 5.91 Å². The number of hydrogen-bond acceptors (Lipinski definition) is 7.